The molecule has 0 fully saturated rings. The van der Waals surface area contributed by atoms with Gasteiger partial charge >= 0.3 is 0 Å². The maximum Gasteiger partial charge on any atom is 0.176 e. The molecule has 0 aliphatic rings. The molecule has 0 spiro atoms. The molecule has 4 heteroatoms. The Morgan fingerprint density at radius 3 is 2.16 bits per heavy atom. The minimum Gasteiger partial charge on any atom is -0.317 e. The van der Waals surface area contributed by atoms with Gasteiger partial charge in [0, 0.05) is 29.1 Å². The largest absolute Gasteiger partial charge is 0.317 e. The summed E-state index contributed by atoms with van der Waals surface area (Å²) < 4.78 is 26.5. The van der Waals surface area contributed by atoms with Crippen molar-refractivity contribution in [3.05, 3.63) is 85.1 Å². The van der Waals surface area contributed by atoms with Crippen molar-refractivity contribution in [2.75, 3.05) is 6.26 Å². The number of fused-ring (bicyclic) bond motifs is 1. The van der Waals surface area contributed by atoms with Crippen molar-refractivity contribution in [3.8, 4) is 16.8 Å². The Hall–Kier alpha value is -2.85. The van der Waals surface area contributed by atoms with E-state index in [4.69, 9.17) is 0 Å². The number of aromatic nitrogens is 1. The average molecular weight is 347 g/mol. The zero-order valence-corrected chi connectivity index (χ0v) is 14.6. The molecule has 4 aromatic rings. The Labute approximate surface area is 147 Å². The average Bonchev–Trinajstić information content (AvgIpc) is 3.06. The van der Waals surface area contributed by atoms with Crippen LogP contribution in [0.4, 0.5) is 0 Å². The first-order chi connectivity index (χ1) is 12.1. The Morgan fingerprint density at radius 1 is 0.720 bits per heavy atom. The van der Waals surface area contributed by atoms with Gasteiger partial charge in [0.15, 0.2) is 9.84 Å². The molecule has 0 atom stereocenters. The van der Waals surface area contributed by atoms with Crippen LogP contribution in [0, 0.1) is 0 Å². The molecule has 0 unspecified atom stereocenters. The predicted molar refractivity (Wildman–Crippen MR) is 102 cm³/mol. The maximum absolute atomic E-state index is 12.2. The van der Waals surface area contributed by atoms with Crippen LogP contribution in [0.2, 0.25) is 0 Å². The zero-order chi connectivity index (χ0) is 17.4. The van der Waals surface area contributed by atoms with E-state index in [0.717, 1.165) is 27.7 Å². The highest BCUT2D eigenvalue weighted by Crippen LogP contribution is 2.34. The van der Waals surface area contributed by atoms with E-state index in [1.54, 1.807) is 12.1 Å². The molecule has 1 aromatic heterocycles. The molecular weight excluding hydrogens is 330 g/mol. The molecular formula is C21H17NO2S. The van der Waals surface area contributed by atoms with Crippen LogP contribution < -0.4 is 0 Å². The molecule has 0 N–H and O–H groups in total. The van der Waals surface area contributed by atoms with E-state index in [2.05, 4.69) is 22.8 Å². The van der Waals surface area contributed by atoms with Crippen LogP contribution in [0.1, 0.15) is 0 Å². The van der Waals surface area contributed by atoms with Crippen molar-refractivity contribution >= 4 is 20.7 Å². The number of benzene rings is 3. The fourth-order valence-electron chi connectivity index (χ4n) is 3.23. The van der Waals surface area contributed by atoms with Crippen LogP contribution in [0.15, 0.2) is 90.0 Å². The Kier molecular flexibility index (Phi) is 3.70. The molecule has 0 aliphatic heterocycles. The molecule has 3 nitrogen and oxygen atoms in total. The lowest BCUT2D eigenvalue weighted by Crippen LogP contribution is -1.99. The minimum atomic E-state index is -3.30. The van der Waals surface area contributed by atoms with E-state index in [1.807, 2.05) is 54.7 Å². The molecule has 4 rings (SSSR count). The summed E-state index contributed by atoms with van der Waals surface area (Å²) >= 11 is 0. The highest BCUT2D eigenvalue weighted by molar-refractivity contribution is 7.90. The molecule has 124 valence electrons. The molecule has 3 aromatic carbocycles. The summed E-state index contributed by atoms with van der Waals surface area (Å²) in [4.78, 5) is 0.356. The van der Waals surface area contributed by atoms with Gasteiger partial charge in [-0.1, -0.05) is 48.5 Å². The second-order valence-electron chi connectivity index (χ2n) is 6.03. The smallest absolute Gasteiger partial charge is 0.176 e. The fourth-order valence-corrected chi connectivity index (χ4v) is 4.13. The second-order valence-corrected chi connectivity index (χ2v) is 8.01. The van der Waals surface area contributed by atoms with Crippen LogP contribution in [0.25, 0.3) is 27.7 Å². The minimum absolute atomic E-state index is 0.356. The normalized spacial score (nSPS) is 11.7. The number of para-hydroxylation sites is 1. The van der Waals surface area contributed by atoms with E-state index in [0.29, 0.717) is 4.90 Å². The first-order valence-corrected chi connectivity index (χ1v) is 9.90. The summed E-state index contributed by atoms with van der Waals surface area (Å²) in [6.07, 6.45) is 3.27. The summed E-state index contributed by atoms with van der Waals surface area (Å²) in [7, 11) is -3.30. The maximum atomic E-state index is 12.2. The summed E-state index contributed by atoms with van der Waals surface area (Å²) in [5.41, 5.74) is 3.78. The van der Waals surface area contributed by atoms with E-state index in [9.17, 15) is 8.42 Å². The third-order valence-corrected chi connectivity index (χ3v) is 5.50. The zero-order valence-electron chi connectivity index (χ0n) is 13.8. The second kappa shape index (κ2) is 5.90. The summed E-state index contributed by atoms with van der Waals surface area (Å²) in [6.45, 7) is 0. The third-order valence-electron chi connectivity index (χ3n) is 4.34. The molecule has 0 saturated heterocycles. The van der Waals surface area contributed by atoms with Gasteiger partial charge in [0.05, 0.1) is 10.4 Å². The van der Waals surface area contributed by atoms with Crippen LogP contribution in [-0.2, 0) is 9.84 Å². The molecule has 0 aliphatic carbocycles. The van der Waals surface area contributed by atoms with Gasteiger partial charge in [0.1, 0.15) is 0 Å². The van der Waals surface area contributed by atoms with Gasteiger partial charge in [-0.25, -0.2) is 8.42 Å². The molecule has 0 saturated carbocycles. The Balaban J connectivity index is 1.99. The van der Waals surface area contributed by atoms with Gasteiger partial charge in [-0.05, 0) is 35.9 Å². The molecule has 0 amide bonds. The van der Waals surface area contributed by atoms with Crippen LogP contribution >= 0.6 is 0 Å². The molecule has 0 radical (unpaired) electrons. The molecule has 25 heavy (non-hydrogen) atoms. The van der Waals surface area contributed by atoms with Crippen molar-refractivity contribution in [1.29, 1.82) is 0 Å². The van der Waals surface area contributed by atoms with Gasteiger partial charge in [-0.3, -0.25) is 0 Å². The quantitative estimate of drug-likeness (QED) is 0.539. The van der Waals surface area contributed by atoms with E-state index in [1.165, 1.54) is 6.26 Å². The van der Waals surface area contributed by atoms with Gasteiger partial charge in [0.25, 0.3) is 0 Å². The van der Waals surface area contributed by atoms with Crippen LogP contribution in [0.3, 0.4) is 0 Å². The van der Waals surface area contributed by atoms with Gasteiger partial charge in [-0.15, -0.1) is 0 Å². The van der Waals surface area contributed by atoms with Crippen molar-refractivity contribution in [1.82, 2.24) is 4.57 Å². The standard InChI is InChI=1S/C21H17NO2S/c1-25(23,24)21-13-6-5-10-19(21)17-11-7-12-20-18(17)14-15-22(20)16-8-3-2-4-9-16/h2-15H,1H3. The third kappa shape index (κ3) is 2.75. The summed E-state index contributed by atoms with van der Waals surface area (Å²) in [5, 5.41) is 1.03. The van der Waals surface area contributed by atoms with E-state index >= 15 is 0 Å². The van der Waals surface area contributed by atoms with Crippen LogP contribution in [0.5, 0.6) is 0 Å². The molecule has 1 heterocycles. The van der Waals surface area contributed by atoms with Crippen molar-refractivity contribution in [3.63, 3.8) is 0 Å². The van der Waals surface area contributed by atoms with Crippen molar-refractivity contribution in [2.45, 2.75) is 4.90 Å². The number of hydrogen-bond donors (Lipinski definition) is 0. The lowest BCUT2D eigenvalue weighted by atomic mass is 10.0. The molecule has 0 bridgehead atoms. The van der Waals surface area contributed by atoms with E-state index in [-0.39, 0.29) is 0 Å². The van der Waals surface area contributed by atoms with Gasteiger partial charge < -0.3 is 4.57 Å². The number of nitrogens with zero attached hydrogens (tertiary/aromatic N) is 1. The Bertz CT molecular complexity index is 1160. The van der Waals surface area contributed by atoms with Crippen molar-refractivity contribution < 1.29 is 8.42 Å². The van der Waals surface area contributed by atoms with Crippen LogP contribution in [-0.4, -0.2) is 19.2 Å². The van der Waals surface area contributed by atoms with Gasteiger partial charge in [0.2, 0.25) is 0 Å². The highest BCUT2D eigenvalue weighted by Gasteiger charge is 2.16. The van der Waals surface area contributed by atoms with Gasteiger partial charge in [-0.2, -0.15) is 0 Å². The summed E-state index contributed by atoms with van der Waals surface area (Å²) in [6, 6.07) is 25.3. The lowest BCUT2D eigenvalue weighted by Gasteiger charge is -2.10. The monoisotopic (exact) mass is 347 g/mol. The number of sulfone groups is 1. The topological polar surface area (TPSA) is 39.1 Å². The first kappa shape index (κ1) is 15.7. The first-order valence-electron chi connectivity index (χ1n) is 8.01. The summed E-state index contributed by atoms with van der Waals surface area (Å²) in [5.74, 6) is 0. The highest BCUT2D eigenvalue weighted by atomic mass is 32.2. The SMILES string of the molecule is CS(=O)(=O)c1ccccc1-c1cccc2c1ccn2-c1ccccc1. The lowest BCUT2D eigenvalue weighted by molar-refractivity contribution is 0.602. The Morgan fingerprint density at radius 2 is 1.40 bits per heavy atom. The number of hydrogen-bond acceptors (Lipinski definition) is 2. The fraction of sp³-hybridized carbons (Fsp3) is 0.0476. The van der Waals surface area contributed by atoms with Crippen molar-refractivity contribution in [2.24, 2.45) is 0 Å². The predicted octanol–water partition coefficient (Wildman–Crippen LogP) is 4.70. The number of rotatable bonds is 3. The van der Waals surface area contributed by atoms with E-state index < -0.39 is 9.84 Å².